The van der Waals surface area contributed by atoms with Crippen LogP contribution in [-0.2, 0) is 6.54 Å². The van der Waals surface area contributed by atoms with Gasteiger partial charge in [0.1, 0.15) is 0 Å². The molecule has 0 atom stereocenters. The lowest BCUT2D eigenvalue weighted by Gasteiger charge is -1.95. The fourth-order valence-corrected chi connectivity index (χ4v) is 0.986. The molecule has 0 amide bonds. The second-order valence-corrected chi connectivity index (χ2v) is 3.35. The number of allylic oxidation sites excluding steroid dienone is 1. The Kier molecular flexibility index (Phi) is 2.27. The third-order valence-corrected chi connectivity index (χ3v) is 1.35. The second kappa shape index (κ2) is 3.01. The number of hydrogen-bond donors (Lipinski definition) is 0. The molecule has 1 aromatic heterocycles. The van der Waals surface area contributed by atoms with Crippen molar-refractivity contribution in [2.24, 2.45) is 0 Å². The predicted octanol–water partition coefficient (Wildman–Crippen LogP) is 2.10. The van der Waals surface area contributed by atoms with Gasteiger partial charge >= 0.3 is 0 Å². The average molecular weight is 201 g/mol. The zero-order valence-electron chi connectivity index (χ0n) is 5.84. The van der Waals surface area contributed by atoms with Crippen LogP contribution in [0.4, 0.5) is 0 Å². The monoisotopic (exact) mass is 200 g/mol. The lowest BCUT2D eigenvalue weighted by atomic mass is 10.4. The van der Waals surface area contributed by atoms with Crippen molar-refractivity contribution in [3.63, 3.8) is 0 Å². The van der Waals surface area contributed by atoms with E-state index >= 15 is 0 Å². The van der Waals surface area contributed by atoms with E-state index in [1.807, 2.05) is 24.0 Å². The Bertz CT molecular complexity index is 240. The fraction of sp³-hybridized carbons (Fsp3) is 0.286. The van der Waals surface area contributed by atoms with E-state index in [-0.39, 0.29) is 0 Å². The highest BCUT2D eigenvalue weighted by atomic mass is 79.9. The van der Waals surface area contributed by atoms with Crippen LogP contribution >= 0.6 is 15.9 Å². The van der Waals surface area contributed by atoms with E-state index in [0.29, 0.717) is 0 Å². The van der Waals surface area contributed by atoms with Gasteiger partial charge < -0.3 is 0 Å². The molecule has 0 aromatic carbocycles. The van der Waals surface area contributed by atoms with E-state index in [2.05, 4.69) is 27.6 Å². The summed E-state index contributed by atoms with van der Waals surface area (Å²) in [6.45, 7) is 6.47. The molecule has 0 saturated heterocycles. The SMILES string of the molecule is C=C(Br)Cn1cc(C)cn1. The van der Waals surface area contributed by atoms with Gasteiger partial charge in [-0.15, -0.1) is 0 Å². The van der Waals surface area contributed by atoms with Gasteiger partial charge in [0, 0.05) is 10.7 Å². The number of aromatic nitrogens is 2. The molecule has 2 nitrogen and oxygen atoms in total. The van der Waals surface area contributed by atoms with Crippen LogP contribution in [-0.4, -0.2) is 9.78 Å². The Hall–Kier alpha value is -0.570. The Morgan fingerprint density at radius 3 is 3.00 bits per heavy atom. The van der Waals surface area contributed by atoms with Crippen molar-refractivity contribution in [1.29, 1.82) is 0 Å². The summed E-state index contributed by atoms with van der Waals surface area (Å²) in [4.78, 5) is 0. The summed E-state index contributed by atoms with van der Waals surface area (Å²) in [6, 6.07) is 0. The van der Waals surface area contributed by atoms with Crippen molar-refractivity contribution < 1.29 is 0 Å². The minimum atomic E-state index is 0.744. The standard InChI is InChI=1S/C7H9BrN2/c1-6-3-9-10(4-6)5-7(2)8/h3-4H,2,5H2,1H3. The highest BCUT2D eigenvalue weighted by molar-refractivity contribution is 9.11. The first-order chi connectivity index (χ1) is 4.68. The van der Waals surface area contributed by atoms with Crippen LogP contribution < -0.4 is 0 Å². The highest BCUT2D eigenvalue weighted by Gasteiger charge is 1.92. The largest absolute Gasteiger partial charge is 0.268 e. The topological polar surface area (TPSA) is 17.8 Å². The molecule has 1 aromatic rings. The summed E-state index contributed by atoms with van der Waals surface area (Å²) < 4.78 is 2.78. The quantitative estimate of drug-likeness (QED) is 0.716. The minimum absolute atomic E-state index is 0.744. The van der Waals surface area contributed by atoms with E-state index in [1.54, 1.807) is 0 Å². The van der Waals surface area contributed by atoms with Crippen LogP contribution in [0.2, 0.25) is 0 Å². The third-order valence-electron chi connectivity index (χ3n) is 1.10. The van der Waals surface area contributed by atoms with Crippen LogP contribution in [0.3, 0.4) is 0 Å². The first-order valence-electron chi connectivity index (χ1n) is 3.01. The Morgan fingerprint density at radius 1 is 1.90 bits per heavy atom. The Morgan fingerprint density at radius 2 is 2.60 bits per heavy atom. The summed E-state index contributed by atoms with van der Waals surface area (Å²) >= 11 is 3.27. The van der Waals surface area contributed by atoms with E-state index in [4.69, 9.17) is 0 Å². The van der Waals surface area contributed by atoms with Gasteiger partial charge in [-0.3, -0.25) is 4.68 Å². The molecule has 1 rings (SSSR count). The molecular formula is C7H9BrN2. The second-order valence-electron chi connectivity index (χ2n) is 2.23. The number of rotatable bonds is 2. The summed E-state index contributed by atoms with van der Waals surface area (Å²) in [5.41, 5.74) is 1.17. The van der Waals surface area contributed by atoms with Crippen LogP contribution in [0.5, 0.6) is 0 Å². The van der Waals surface area contributed by atoms with Crippen molar-refractivity contribution in [2.75, 3.05) is 0 Å². The summed E-state index contributed by atoms with van der Waals surface area (Å²) in [5.74, 6) is 0. The van der Waals surface area contributed by atoms with Crippen molar-refractivity contribution in [3.05, 3.63) is 29.0 Å². The van der Waals surface area contributed by atoms with Crippen LogP contribution in [0.15, 0.2) is 23.5 Å². The predicted molar refractivity (Wildman–Crippen MR) is 45.0 cm³/mol. The lowest BCUT2D eigenvalue weighted by molar-refractivity contribution is 0.698. The molecule has 3 heteroatoms. The van der Waals surface area contributed by atoms with Crippen LogP contribution in [0.1, 0.15) is 5.56 Å². The molecule has 0 radical (unpaired) electrons. The van der Waals surface area contributed by atoms with Gasteiger partial charge in [0.25, 0.3) is 0 Å². The van der Waals surface area contributed by atoms with E-state index in [9.17, 15) is 0 Å². The Labute approximate surface area is 68.7 Å². The normalized spacial score (nSPS) is 9.80. The fourth-order valence-electron chi connectivity index (χ4n) is 0.729. The first kappa shape index (κ1) is 7.54. The van der Waals surface area contributed by atoms with Crippen LogP contribution in [0.25, 0.3) is 0 Å². The zero-order chi connectivity index (χ0) is 7.56. The van der Waals surface area contributed by atoms with Gasteiger partial charge in [-0.1, -0.05) is 22.5 Å². The van der Waals surface area contributed by atoms with Gasteiger partial charge in [0.15, 0.2) is 0 Å². The van der Waals surface area contributed by atoms with E-state index < -0.39 is 0 Å². The Balaban J connectivity index is 2.67. The van der Waals surface area contributed by atoms with E-state index in [0.717, 1.165) is 11.0 Å². The van der Waals surface area contributed by atoms with Gasteiger partial charge in [0.2, 0.25) is 0 Å². The van der Waals surface area contributed by atoms with Crippen molar-refractivity contribution >= 4 is 15.9 Å². The molecule has 0 bridgehead atoms. The molecule has 0 fully saturated rings. The first-order valence-corrected chi connectivity index (χ1v) is 3.80. The number of halogens is 1. The molecule has 0 spiro atoms. The summed E-state index contributed by atoms with van der Waals surface area (Å²) in [7, 11) is 0. The van der Waals surface area contributed by atoms with Crippen LogP contribution in [0, 0.1) is 6.92 Å². The van der Waals surface area contributed by atoms with Gasteiger partial charge in [-0.2, -0.15) is 5.10 Å². The summed E-state index contributed by atoms with van der Waals surface area (Å²) in [6.07, 6.45) is 3.81. The third kappa shape index (κ3) is 1.99. The minimum Gasteiger partial charge on any atom is -0.268 e. The van der Waals surface area contributed by atoms with Crippen molar-refractivity contribution in [2.45, 2.75) is 13.5 Å². The number of hydrogen-bond acceptors (Lipinski definition) is 1. The maximum atomic E-state index is 4.08. The molecule has 0 aliphatic rings. The van der Waals surface area contributed by atoms with E-state index in [1.165, 1.54) is 5.56 Å². The summed E-state index contributed by atoms with van der Waals surface area (Å²) in [5, 5.41) is 4.08. The smallest absolute Gasteiger partial charge is 0.0718 e. The molecule has 0 unspecified atom stereocenters. The molecule has 0 N–H and O–H groups in total. The van der Waals surface area contributed by atoms with Crippen molar-refractivity contribution in [1.82, 2.24) is 9.78 Å². The number of nitrogens with zero attached hydrogens (tertiary/aromatic N) is 2. The molecule has 0 aliphatic heterocycles. The van der Waals surface area contributed by atoms with Gasteiger partial charge in [-0.25, -0.2) is 0 Å². The molecule has 1 heterocycles. The molecule has 54 valence electrons. The zero-order valence-corrected chi connectivity index (χ0v) is 7.43. The highest BCUT2D eigenvalue weighted by Crippen LogP contribution is 2.04. The molecule has 10 heavy (non-hydrogen) atoms. The van der Waals surface area contributed by atoms with Gasteiger partial charge in [-0.05, 0) is 12.5 Å². The van der Waals surface area contributed by atoms with Gasteiger partial charge in [0.05, 0.1) is 12.7 Å². The van der Waals surface area contributed by atoms with Crippen molar-refractivity contribution in [3.8, 4) is 0 Å². The number of aryl methyl sites for hydroxylation is 1. The lowest BCUT2D eigenvalue weighted by Crippen LogP contribution is -1.96. The maximum Gasteiger partial charge on any atom is 0.0718 e. The maximum absolute atomic E-state index is 4.08. The molecular weight excluding hydrogens is 192 g/mol. The average Bonchev–Trinajstić information content (AvgIpc) is 2.13. The molecule has 0 aliphatic carbocycles. The molecule has 0 saturated carbocycles.